The highest BCUT2D eigenvalue weighted by molar-refractivity contribution is 14.0. The Balaban J connectivity index is 0.000000163. The number of thioether (sulfide) groups is 1. The number of nitrogens with two attached hydrogens (primary N) is 1. The summed E-state index contributed by atoms with van der Waals surface area (Å²) in [7, 11) is 0. The smallest absolute Gasteiger partial charge is 0.268 e. The fraction of sp³-hybridized carbons (Fsp3) is 0.244. The normalized spacial score (nSPS) is 15.3. The van der Waals surface area contributed by atoms with Crippen molar-refractivity contribution in [1.82, 2.24) is 19.9 Å². The molecule has 6 aromatic rings. The maximum absolute atomic E-state index is 13.0. The molecule has 350 valence electrons. The number of nitrogens with one attached hydrogen (secondary N) is 1. The van der Waals surface area contributed by atoms with Crippen molar-refractivity contribution >= 4 is 134 Å². The van der Waals surface area contributed by atoms with Crippen LogP contribution in [-0.4, -0.2) is 104 Å². The number of benzene rings is 4. The van der Waals surface area contributed by atoms with Crippen LogP contribution < -0.4 is 40.1 Å². The lowest BCUT2D eigenvalue weighted by molar-refractivity contribution is 0.0923. The molecule has 0 saturated carbocycles. The molecule has 6 heterocycles. The molecule has 2 saturated heterocycles. The Bertz CT molecular complexity index is 2650. The van der Waals surface area contributed by atoms with Crippen LogP contribution in [0, 0.1) is 0 Å². The molecule has 0 radical (unpaired) electrons. The van der Waals surface area contributed by atoms with E-state index in [1.165, 1.54) is 39.6 Å². The molecule has 2 fully saturated rings. The minimum absolute atomic E-state index is 0. The van der Waals surface area contributed by atoms with Crippen molar-refractivity contribution in [3.8, 4) is 11.8 Å². The van der Waals surface area contributed by atoms with Crippen molar-refractivity contribution in [2.24, 2.45) is 0 Å². The van der Waals surface area contributed by atoms with Crippen LogP contribution in [0.5, 0.6) is 11.8 Å². The second kappa shape index (κ2) is 23.3. The molecule has 10 rings (SSSR count). The fourth-order valence-corrected chi connectivity index (χ4v) is 8.62. The fourth-order valence-electron chi connectivity index (χ4n) is 7.09. The molecule has 67 heavy (non-hydrogen) atoms. The van der Waals surface area contributed by atoms with Crippen LogP contribution in [-0.2, 0) is 9.47 Å². The van der Waals surface area contributed by atoms with Gasteiger partial charge in [-0.25, -0.2) is 9.97 Å². The number of morpholine rings is 2. The molecule has 4 aliphatic heterocycles. The molecule has 4 aromatic carbocycles. The van der Waals surface area contributed by atoms with Crippen LogP contribution in [0.4, 0.5) is 40.1 Å². The third-order valence-electron chi connectivity index (χ3n) is 10.5. The van der Waals surface area contributed by atoms with E-state index in [0.717, 1.165) is 69.7 Å². The van der Waals surface area contributed by atoms with Crippen molar-refractivity contribution in [3.05, 3.63) is 129 Å². The van der Waals surface area contributed by atoms with Gasteiger partial charge in [-0.05, 0) is 79.1 Å². The lowest BCUT2D eigenvalue weighted by Gasteiger charge is -2.29. The first-order chi connectivity index (χ1) is 32.1. The Morgan fingerprint density at radius 2 is 1.04 bits per heavy atom. The first-order valence-electron chi connectivity index (χ1n) is 20.5. The summed E-state index contributed by atoms with van der Waals surface area (Å²) in [6.07, 6.45) is 4.74. The van der Waals surface area contributed by atoms with E-state index in [1.807, 2.05) is 42.7 Å². The molecule has 3 N–H and O–H groups in total. The Kier molecular flexibility index (Phi) is 17.3. The number of ether oxygens (including phenoxy) is 4. The number of para-hydroxylation sites is 2. The summed E-state index contributed by atoms with van der Waals surface area (Å²) in [6, 6.07) is 26.1. The highest BCUT2D eigenvalue weighted by atomic mass is 127. The molecule has 22 heteroatoms. The predicted octanol–water partition coefficient (Wildman–Crippen LogP) is 9.59. The average Bonchev–Trinajstić information content (AvgIpc) is 3.34. The van der Waals surface area contributed by atoms with Crippen LogP contribution >= 0.6 is 82.1 Å². The van der Waals surface area contributed by atoms with Gasteiger partial charge in [-0.1, -0.05) is 70.3 Å². The molecular weight excluding hydrogens is 1080 g/mol. The summed E-state index contributed by atoms with van der Waals surface area (Å²) in [5.74, 6) is 0.192. The van der Waals surface area contributed by atoms with Crippen LogP contribution in [0.2, 0.25) is 20.1 Å². The number of halogens is 5. The van der Waals surface area contributed by atoms with Gasteiger partial charge in [0.15, 0.2) is 18.6 Å². The largest absolute Gasteiger partial charge is 0.455 e. The standard InChI is InChI=1S/C22H19Cl2N5O3.C13H9Cl2N3O2S.C10H14N2O.HI/c23-17-2-1-3-18(24)19(17)29-13-32-20-16(21(29)30)12-25-22(27-20)26-14-4-6-15(7-5-14)28-8-10-31-11-9-28;1-21-13-16-5-7-11(17-13)20-6-18(12(7)19)10-8(14)3-2-4-9(10)15;11-9-1-3-10(4-2-9)12-5-7-13-8-6-12;/h1-7,12H,8-11,13H2,(H,25,26,27);2-5H,6H2,1H3;1-4H,5-8,11H2;1H. The quantitative estimate of drug-likeness (QED) is 0.0669. The van der Waals surface area contributed by atoms with E-state index in [-0.39, 0.29) is 72.1 Å². The predicted molar refractivity (Wildman–Crippen MR) is 275 cm³/mol. The van der Waals surface area contributed by atoms with Gasteiger partial charge < -0.3 is 39.8 Å². The average molecular weight is 1120 g/mol. The molecule has 2 aromatic heterocycles. The summed E-state index contributed by atoms with van der Waals surface area (Å²) >= 11 is 26.1. The highest BCUT2D eigenvalue weighted by Crippen LogP contribution is 2.38. The second-order valence-electron chi connectivity index (χ2n) is 14.6. The zero-order valence-electron chi connectivity index (χ0n) is 35.7. The van der Waals surface area contributed by atoms with Crippen molar-refractivity contribution in [3.63, 3.8) is 0 Å². The SMILES string of the molecule is CSc1ncc2c(n1)OCN(c1c(Cl)cccc1Cl)C2=O.I.Nc1ccc(N2CCOCC2)cc1.O=C1c2cnc(Nc3ccc(N4CCOCC4)cc3)nc2OCN1c1c(Cl)cccc1Cl. The number of amides is 2. The minimum Gasteiger partial charge on any atom is -0.455 e. The summed E-state index contributed by atoms with van der Waals surface area (Å²) in [5, 5.41) is 5.17. The third-order valence-corrected chi connectivity index (χ3v) is 12.2. The number of hydrogen-bond acceptors (Lipinski definition) is 15. The van der Waals surface area contributed by atoms with Gasteiger partial charge in [0.2, 0.25) is 17.7 Å². The Labute approximate surface area is 428 Å². The van der Waals surface area contributed by atoms with E-state index >= 15 is 0 Å². The topological polar surface area (TPSA) is 174 Å². The lowest BCUT2D eigenvalue weighted by atomic mass is 10.2. The molecule has 4 aliphatic rings. The van der Waals surface area contributed by atoms with Crippen LogP contribution in [0.1, 0.15) is 20.7 Å². The van der Waals surface area contributed by atoms with E-state index in [9.17, 15) is 9.59 Å². The van der Waals surface area contributed by atoms with Crippen LogP contribution in [0.15, 0.2) is 102 Å². The van der Waals surface area contributed by atoms with Gasteiger partial charge in [0.25, 0.3) is 11.8 Å². The highest BCUT2D eigenvalue weighted by Gasteiger charge is 2.33. The number of rotatable bonds is 7. The van der Waals surface area contributed by atoms with Crippen molar-refractivity contribution < 1.29 is 28.5 Å². The van der Waals surface area contributed by atoms with Crippen LogP contribution in [0.3, 0.4) is 0 Å². The summed E-state index contributed by atoms with van der Waals surface area (Å²) in [6.45, 7) is 6.78. The van der Waals surface area contributed by atoms with Crippen LogP contribution in [0.25, 0.3) is 0 Å². The number of nitrogen functional groups attached to an aromatic ring is 1. The van der Waals surface area contributed by atoms with Gasteiger partial charge in [0.05, 0.1) is 57.9 Å². The van der Waals surface area contributed by atoms with Gasteiger partial charge in [0.1, 0.15) is 11.1 Å². The van der Waals surface area contributed by atoms with Gasteiger partial charge >= 0.3 is 0 Å². The van der Waals surface area contributed by atoms with E-state index in [1.54, 1.807) is 36.4 Å². The molecule has 0 unspecified atom stereocenters. The Hall–Kier alpha value is -5.06. The Morgan fingerprint density at radius 1 is 0.612 bits per heavy atom. The molecule has 0 aliphatic carbocycles. The van der Waals surface area contributed by atoms with Gasteiger partial charge in [-0.2, -0.15) is 9.97 Å². The van der Waals surface area contributed by atoms with E-state index in [2.05, 4.69) is 47.2 Å². The number of carbonyl (C=O) groups excluding carboxylic acids is 2. The number of anilines is 7. The molecule has 16 nitrogen and oxygen atoms in total. The monoisotopic (exact) mass is 1120 g/mol. The maximum Gasteiger partial charge on any atom is 0.268 e. The van der Waals surface area contributed by atoms with Gasteiger partial charge in [-0.3, -0.25) is 19.4 Å². The Morgan fingerprint density at radius 3 is 1.51 bits per heavy atom. The summed E-state index contributed by atoms with van der Waals surface area (Å²) < 4.78 is 21.9. The van der Waals surface area contributed by atoms with Crippen molar-refractivity contribution in [2.45, 2.75) is 5.16 Å². The number of carbonyl (C=O) groups is 2. The minimum atomic E-state index is -0.331. The first kappa shape index (κ1) is 49.8. The third kappa shape index (κ3) is 12.0. The number of nitrogens with zero attached hydrogens (tertiary/aromatic N) is 8. The molecule has 0 spiro atoms. The summed E-state index contributed by atoms with van der Waals surface area (Å²) in [5.41, 5.74) is 11.0. The molecule has 0 atom stereocenters. The van der Waals surface area contributed by atoms with Crippen molar-refractivity contribution in [1.29, 1.82) is 0 Å². The zero-order valence-corrected chi connectivity index (χ0v) is 41.9. The van der Waals surface area contributed by atoms with E-state index in [0.29, 0.717) is 42.6 Å². The number of aromatic nitrogens is 4. The lowest BCUT2D eigenvalue weighted by Crippen LogP contribution is -2.39. The van der Waals surface area contributed by atoms with E-state index < -0.39 is 0 Å². The molecule has 0 bridgehead atoms. The zero-order chi connectivity index (χ0) is 46.2. The number of hydrogen-bond donors (Lipinski definition) is 2. The summed E-state index contributed by atoms with van der Waals surface area (Å²) in [4.78, 5) is 49.8. The van der Waals surface area contributed by atoms with E-state index in [4.69, 9.17) is 71.1 Å². The first-order valence-corrected chi connectivity index (χ1v) is 23.2. The molecule has 2 amide bonds. The molecular formula is C45H43Cl4IN10O6S. The van der Waals surface area contributed by atoms with Gasteiger partial charge in [-0.15, -0.1) is 24.0 Å². The second-order valence-corrected chi connectivity index (χ2v) is 17.0. The van der Waals surface area contributed by atoms with Gasteiger partial charge in [0, 0.05) is 61.3 Å². The number of fused-ring (bicyclic) bond motifs is 2. The maximum atomic E-state index is 13.0. The van der Waals surface area contributed by atoms with Crippen molar-refractivity contribution in [2.75, 3.05) is 103 Å².